The van der Waals surface area contributed by atoms with Crippen LogP contribution in [0, 0.1) is 0 Å². The van der Waals surface area contributed by atoms with Crippen molar-refractivity contribution in [1.29, 1.82) is 0 Å². The average Bonchev–Trinajstić information content (AvgIpc) is 3.17. The topological polar surface area (TPSA) is 37.8 Å². The Labute approximate surface area is 146 Å². The minimum Gasteiger partial charge on any atom is -0.361 e. The van der Waals surface area contributed by atoms with Gasteiger partial charge in [0.2, 0.25) is 0 Å². The molecule has 3 nitrogen and oxygen atoms in total. The van der Waals surface area contributed by atoms with Crippen LogP contribution in [0.5, 0.6) is 0 Å². The number of aryl methyl sites for hydroxylation is 1. The number of H-pyrrole nitrogens is 1. The van der Waals surface area contributed by atoms with Gasteiger partial charge in [0.1, 0.15) is 0 Å². The summed E-state index contributed by atoms with van der Waals surface area (Å²) < 4.78 is 2.08. The minimum absolute atomic E-state index is 0.0825. The molecule has 1 N–H and O–H groups in total. The zero-order valence-electron chi connectivity index (χ0n) is 14.6. The fraction of sp³-hybridized carbons (Fsp3) is 0.136. The third-order valence-electron chi connectivity index (χ3n) is 4.89. The van der Waals surface area contributed by atoms with E-state index in [2.05, 4.69) is 40.0 Å². The monoisotopic (exact) mass is 328 g/mol. The zero-order valence-corrected chi connectivity index (χ0v) is 14.6. The number of nitrogens with one attached hydrogen (secondary N) is 1. The van der Waals surface area contributed by atoms with Gasteiger partial charge in [0.15, 0.2) is 5.78 Å². The van der Waals surface area contributed by atoms with E-state index in [0.29, 0.717) is 0 Å². The Morgan fingerprint density at radius 2 is 1.60 bits per heavy atom. The van der Waals surface area contributed by atoms with Crippen molar-refractivity contribution < 1.29 is 4.79 Å². The van der Waals surface area contributed by atoms with Crippen molar-refractivity contribution in [3.63, 3.8) is 0 Å². The van der Waals surface area contributed by atoms with Gasteiger partial charge in [-0.05, 0) is 31.6 Å². The highest BCUT2D eigenvalue weighted by Crippen LogP contribution is 2.35. The maximum absolute atomic E-state index is 12.6. The molecule has 0 unspecified atom stereocenters. The van der Waals surface area contributed by atoms with Gasteiger partial charge in [0.25, 0.3) is 0 Å². The summed E-state index contributed by atoms with van der Waals surface area (Å²) in [5.41, 5.74) is 6.06. The molecule has 124 valence electrons. The average molecular weight is 328 g/mol. The van der Waals surface area contributed by atoms with Gasteiger partial charge >= 0.3 is 0 Å². The zero-order chi connectivity index (χ0) is 17.6. The van der Waals surface area contributed by atoms with Gasteiger partial charge in [-0.15, -0.1) is 0 Å². The Morgan fingerprint density at radius 1 is 0.920 bits per heavy atom. The van der Waals surface area contributed by atoms with Crippen molar-refractivity contribution in [3.05, 3.63) is 72.1 Å². The molecule has 0 aliphatic heterocycles. The number of rotatable bonds is 3. The number of hydrogen-bond donors (Lipinski definition) is 1. The highest BCUT2D eigenvalue weighted by molar-refractivity contribution is 6.30. The van der Waals surface area contributed by atoms with Crippen LogP contribution in [0.1, 0.15) is 25.0 Å². The van der Waals surface area contributed by atoms with E-state index in [0.717, 1.165) is 44.1 Å². The standard InChI is InChI=1S/C22H20N2O/c1-14(18-12-23-20-10-6-4-8-16(18)20)22(15(2)25)19-13-24(3)21-11-7-5-9-17(19)21/h4-13,23H,1-3H3/b22-14-. The van der Waals surface area contributed by atoms with Crippen LogP contribution in [0.3, 0.4) is 0 Å². The number of fused-ring (bicyclic) bond motifs is 2. The lowest BCUT2D eigenvalue weighted by molar-refractivity contribution is -0.111. The number of benzene rings is 2. The minimum atomic E-state index is 0.0825. The molecule has 0 amide bonds. The summed E-state index contributed by atoms with van der Waals surface area (Å²) in [5, 5.41) is 2.24. The van der Waals surface area contributed by atoms with Crippen molar-refractivity contribution in [3.8, 4) is 0 Å². The van der Waals surface area contributed by atoms with E-state index in [1.54, 1.807) is 6.92 Å². The second-order valence-corrected chi connectivity index (χ2v) is 6.47. The van der Waals surface area contributed by atoms with Crippen LogP contribution in [0.25, 0.3) is 33.0 Å². The molecule has 0 fully saturated rings. The number of para-hydroxylation sites is 2. The molecule has 3 heteroatoms. The van der Waals surface area contributed by atoms with Gasteiger partial charge < -0.3 is 9.55 Å². The van der Waals surface area contributed by atoms with Gasteiger partial charge in [-0.3, -0.25) is 4.79 Å². The molecule has 2 aromatic heterocycles. The number of Topliss-reactive ketones (excluding diaryl/α,β-unsaturated/α-hetero) is 1. The normalized spacial score (nSPS) is 12.6. The molecular weight excluding hydrogens is 308 g/mol. The third kappa shape index (κ3) is 2.40. The molecule has 4 rings (SSSR count). The first-order valence-electron chi connectivity index (χ1n) is 8.40. The number of aromatic amines is 1. The van der Waals surface area contributed by atoms with Crippen molar-refractivity contribution in [2.24, 2.45) is 7.05 Å². The summed E-state index contributed by atoms with van der Waals surface area (Å²) >= 11 is 0. The first-order valence-corrected chi connectivity index (χ1v) is 8.40. The smallest absolute Gasteiger partial charge is 0.160 e. The van der Waals surface area contributed by atoms with Crippen LogP contribution in [0.15, 0.2) is 60.9 Å². The molecule has 0 bridgehead atoms. The largest absolute Gasteiger partial charge is 0.361 e. The number of hydrogen-bond acceptors (Lipinski definition) is 1. The molecule has 0 aliphatic carbocycles. The van der Waals surface area contributed by atoms with Crippen molar-refractivity contribution in [1.82, 2.24) is 9.55 Å². The van der Waals surface area contributed by atoms with E-state index in [4.69, 9.17) is 0 Å². The molecular formula is C22H20N2O. The Hall–Kier alpha value is -3.07. The van der Waals surface area contributed by atoms with E-state index < -0.39 is 0 Å². The predicted octanol–water partition coefficient (Wildman–Crippen LogP) is 5.18. The maximum atomic E-state index is 12.6. The number of ketones is 1. The summed E-state index contributed by atoms with van der Waals surface area (Å²) in [6, 6.07) is 16.4. The summed E-state index contributed by atoms with van der Waals surface area (Å²) in [5.74, 6) is 0.0825. The summed E-state index contributed by atoms with van der Waals surface area (Å²) in [6.07, 6.45) is 4.05. The first kappa shape index (κ1) is 15.5. The van der Waals surface area contributed by atoms with Crippen molar-refractivity contribution >= 4 is 38.7 Å². The fourth-order valence-electron chi connectivity index (χ4n) is 3.71. The molecule has 4 aromatic rings. The Balaban J connectivity index is 2.03. The van der Waals surface area contributed by atoms with Crippen LogP contribution in [-0.4, -0.2) is 15.3 Å². The molecule has 0 spiro atoms. The van der Waals surface area contributed by atoms with Crippen LogP contribution in [0.4, 0.5) is 0 Å². The van der Waals surface area contributed by atoms with E-state index in [9.17, 15) is 4.79 Å². The predicted molar refractivity (Wildman–Crippen MR) is 104 cm³/mol. The summed E-state index contributed by atoms with van der Waals surface area (Å²) in [6.45, 7) is 3.68. The lowest BCUT2D eigenvalue weighted by Crippen LogP contribution is -1.99. The number of allylic oxidation sites excluding steroid dienone is 2. The number of aromatic nitrogens is 2. The summed E-state index contributed by atoms with van der Waals surface area (Å²) in [4.78, 5) is 15.9. The van der Waals surface area contributed by atoms with Gasteiger partial charge in [0.05, 0.1) is 0 Å². The van der Waals surface area contributed by atoms with Gasteiger partial charge in [-0.25, -0.2) is 0 Å². The molecule has 2 aromatic carbocycles. The van der Waals surface area contributed by atoms with Gasteiger partial charge in [0, 0.05) is 57.9 Å². The first-order chi connectivity index (χ1) is 12.1. The van der Waals surface area contributed by atoms with Crippen molar-refractivity contribution in [2.75, 3.05) is 0 Å². The molecule has 25 heavy (non-hydrogen) atoms. The molecule has 0 radical (unpaired) electrons. The Kier molecular flexibility index (Phi) is 3.57. The van der Waals surface area contributed by atoms with Crippen molar-refractivity contribution in [2.45, 2.75) is 13.8 Å². The number of nitrogens with zero attached hydrogens (tertiary/aromatic N) is 1. The SMILES string of the molecule is CC(=O)/C(=C(\C)c1c[nH]c2ccccc12)c1cn(C)c2ccccc12. The highest BCUT2D eigenvalue weighted by atomic mass is 16.1. The lowest BCUT2D eigenvalue weighted by atomic mass is 9.93. The van der Waals surface area contributed by atoms with Crippen LogP contribution < -0.4 is 0 Å². The molecule has 2 heterocycles. The van der Waals surface area contributed by atoms with E-state index in [1.165, 1.54) is 0 Å². The Morgan fingerprint density at radius 3 is 2.36 bits per heavy atom. The van der Waals surface area contributed by atoms with Crippen LogP contribution >= 0.6 is 0 Å². The lowest BCUT2D eigenvalue weighted by Gasteiger charge is -2.09. The highest BCUT2D eigenvalue weighted by Gasteiger charge is 2.19. The number of carbonyl (C=O) groups excluding carboxylic acids is 1. The van der Waals surface area contributed by atoms with Gasteiger partial charge in [-0.1, -0.05) is 36.4 Å². The van der Waals surface area contributed by atoms with Crippen LogP contribution in [-0.2, 0) is 11.8 Å². The van der Waals surface area contributed by atoms with Gasteiger partial charge in [-0.2, -0.15) is 0 Å². The molecule has 0 saturated carbocycles. The Bertz CT molecular complexity index is 1140. The number of carbonyl (C=O) groups is 1. The molecule has 0 saturated heterocycles. The quantitative estimate of drug-likeness (QED) is 0.517. The fourth-order valence-corrected chi connectivity index (χ4v) is 3.71. The van der Waals surface area contributed by atoms with E-state index in [-0.39, 0.29) is 5.78 Å². The third-order valence-corrected chi connectivity index (χ3v) is 4.89. The maximum Gasteiger partial charge on any atom is 0.160 e. The van der Waals surface area contributed by atoms with E-state index >= 15 is 0 Å². The summed E-state index contributed by atoms with van der Waals surface area (Å²) in [7, 11) is 2.02. The second kappa shape index (κ2) is 5.78. The molecule has 0 aliphatic rings. The van der Waals surface area contributed by atoms with Crippen LogP contribution in [0.2, 0.25) is 0 Å². The second-order valence-electron chi connectivity index (χ2n) is 6.47. The molecule has 0 atom stereocenters. The van der Waals surface area contributed by atoms with E-state index in [1.807, 2.05) is 44.4 Å².